The third-order valence-electron chi connectivity index (χ3n) is 5.65. The Morgan fingerprint density at radius 3 is 2.44 bits per heavy atom. The number of amides is 1. The second-order valence-corrected chi connectivity index (χ2v) is 7.93. The molecule has 0 aliphatic heterocycles. The first-order chi connectivity index (χ1) is 16.5. The van der Waals surface area contributed by atoms with E-state index in [-0.39, 0.29) is 18.0 Å². The first-order valence-electron chi connectivity index (χ1n) is 10.9. The number of carbonyl (C=O) groups excluding carboxylic acids is 1. The first-order valence-corrected chi connectivity index (χ1v) is 10.9. The highest BCUT2D eigenvalue weighted by molar-refractivity contribution is 5.88. The molecule has 5 aromatic rings. The Morgan fingerprint density at radius 2 is 1.74 bits per heavy atom. The molecule has 1 N–H and O–H groups in total. The molecule has 9 heteroatoms. The summed E-state index contributed by atoms with van der Waals surface area (Å²) in [7, 11) is 0. The van der Waals surface area contributed by atoms with Gasteiger partial charge in [-0.2, -0.15) is 10.2 Å². The number of para-hydroxylation sites is 1. The fourth-order valence-electron chi connectivity index (χ4n) is 3.89. The standard InChI is InChI=1S/C25H23N7O2/c1-17-22-21(24(30-14-8-9-15-30)32(29-22)20-11-4-3-5-12-20)25(34)31(28-17)18(2)23(33)27-16-19-10-6-7-13-26-19/h3-15,18H,16H2,1-2H3,(H,27,33). The molecule has 1 atom stereocenters. The van der Waals surface area contributed by atoms with Gasteiger partial charge in [-0.3, -0.25) is 14.6 Å². The fourth-order valence-corrected chi connectivity index (χ4v) is 3.89. The smallest absolute Gasteiger partial charge is 0.280 e. The molecular weight excluding hydrogens is 430 g/mol. The van der Waals surface area contributed by atoms with Crippen molar-refractivity contribution in [3.05, 3.63) is 101 Å². The van der Waals surface area contributed by atoms with Gasteiger partial charge in [0, 0.05) is 18.6 Å². The minimum atomic E-state index is -0.822. The number of hydrogen-bond donors (Lipinski definition) is 1. The van der Waals surface area contributed by atoms with Crippen molar-refractivity contribution in [2.24, 2.45) is 0 Å². The summed E-state index contributed by atoms with van der Waals surface area (Å²) in [6.45, 7) is 3.71. The molecule has 5 rings (SSSR count). The van der Waals surface area contributed by atoms with Crippen molar-refractivity contribution in [1.29, 1.82) is 0 Å². The van der Waals surface area contributed by atoms with Crippen LogP contribution in [0.1, 0.15) is 24.4 Å². The second kappa shape index (κ2) is 8.78. The second-order valence-electron chi connectivity index (χ2n) is 7.93. The number of rotatable bonds is 6. The molecule has 34 heavy (non-hydrogen) atoms. The maximum Gasteiger partial charge on any atom is 0.280 e. The van der Waals surface area contributed by atoms with Gasteiger partial charge in [-0.25, -0.2) is 9.36 Å². The summed E-state index contributed by atoms with van der Waals surface area (Å²) in [5.74, 6) is 0.272. The molecule has 1 amide bonds. The van der Waals surface area contributed by atoms with E-state index in [0.717, 1.165) is 11.4 Å². The number of nitrogens with one attached hydrogen (secondary N) is 1. The third kappa shape index (κ3) is 3.77. The third-order valence-corrected chi connectivity index (χ3v) is 5.65. The predicted octanol–water partition coefficient (Wildman–Crippen LogP) is 2.95. The van der Waals surface area contributed by atoms with Crippen molar-refractivity contribution in [3.63, 3.8) is 0 Å². The summed E-state index contributed by atoms with van der Waals surface area (Å²) in [5, 5.41) is 12.4. The van der Waals surface area contributed by atoms with E-state index in [1.54, 1.807) is 24.7 Å². The first kappa shape index (κ1) is 21.3. The summed E-state index contributed by atoms with van der Waals surface area (Å²) in [4.78, 5) is 30.8. The van der Waals surface area contributed by atoms with Crippen LogP contribution in [0.4, 0.5) is 0 Å². The molecule has 0 aliphatic carbocycles. The van der Waals surface area contributed by atoms with Crippen molar-refractivity contribution in [2.75, 3.05) is 0 Å². The predicted molar refractivity (Wildman–Crippen MR) is 128 cm³/mol. The van der Waals surface area contributed by atoms with Crippen LogP contribution in [0.3, 0.4) is 0 Å². The van der Waals surface area contributed by atoms with Gasteiger partial charge in [0.2, 0.25) is 5.91 Å². The van der Waals surface area contributed by atoms with Crippen LogP contribution in [0.5, 0.6) is 0 Å². The number of fused-ring (bicyclic) bond motifs is 1. The van der Waals surface area contributed by atoms with Crippen molar-refractivity contribution < 1.29 is 4.79 Å². The van der Waals surface area contributed by atoms with Crippen LogP contribution in [-0.4, -0.2) is 35.0 Å². The zero-order valence-corrected chi connectivity index (χ0v) is 18.8. The fraction of sp³-hybridized carbons (Fsp3) is 0.160. The van der Waals surface area contributed by atoms with Crippen molar-refractivity contribution in [3.8, 4) is 11.5 Å². The largest absolute Gasteiger partial charge is 0.349 e. The molecule has 0 spiro atoms. The number of pyridine rings is 1. The van der Waals surface area contributed by atoms with E-state index < -0.39 is 6.04 Å². The number of nitrogens with zero attached hydrogens (tertiary/aromatic N) is 6. The van der Waals surface area contributed by atoms with Crippen LogP contribution in [-0.2, 0) is 11.3 Å². The van der Waals surface area contributed by atoms with Crippen LogP contribution in [0, 0.1) is 6.92 Å². The minimum Gasteiger partial charge on any atom is -0.349 e. The number of hydrogen-bond acceptors (Lipinski definition) is 5. The molecule has 9 nitrogen and oxygen atoms in total. The molecular formula is C25H23N7O2. The highest BCUT2D eigenvalue weighted by Gasteiger charge is 2.25. The monoisotopic (exact) mass is 453 g/mol. The van der Waals surface area contributed by atoms with Gasteiger partial charge in [0.05, 0.1) is 23.6 Å². The van der Waals surface area contributed by atoms with Gasteiger partial charge in [-0.05, 0) is 50.2 Å². The maximum absolute atomic E-state index is 13.7. The quantitative estimate of drug-likeness (QED) is 0.426. The van der Waals surface area contributed by atoms with E-state index in [4.69, 9.17) is 5.10 Å². The Balaban J connectivity index is 1.61. The number of aromatic nitrogens is 6. The number of carbonyl (C=O) groups is 1. The molecule has 0 saturated heterocycles. The molecule has 0 aliphatic rings. The molecule has 0 radical (unpaired) electrons. The van der Waals surface area contributed by atoms with Crippen LogP contribution in [0.25, 0.3) is 22.4 Å². The number of benzene rings is 1. The van der Waals surface area contributed by atoms with Crippen LogP contribution in [0.2, 0.25) is 0 Å². The average Bonchev–Trinajstić information content (AvgIpc) is 3.54. The van der Waals surface area contributed by atoms with Crippen molar-refractivity contribution >= 4 is 16.8 Å². The Labute approximate surface area is 195 Å². The summed E-state index contributed by atoms with van der Waals surface area (Å²) in [6.07, 6.45) is 5.39. The van der Waals surface area contributed by atoms with E-state index >= 15 is 0 Å². The highest BCUT2D eigenvalue weighted by atomic mass is 16.2. The van der Waals surface area contributed by atoms with Gasteiger partial charge in [0.15, 0.2) is 5.82 Å². The zero-order valence-electron chi connectivity index (χ0n) is 18.8. The Kier molecular flexibility index (Phi) is 5.51. The lowest BCUT2D eigenvalue weighted by molar-refractivity contribution is -0.124. The SMILES string of the molecule is Cc1nn(C(C)C(=O)NCc2ccccn2)c(=O)c2c(-n3cccc3)n(-c3ccccc3)nc12. The van der Waals surface area contributed by atoms with E-state index in [1.807, 2.05) is 77.6 Å². The van der Waals surface area contributed by atoms with Gasteiger partial charge < -0.3 is 9.88 Å². The molecule has 170 valence electrons. The van der Waals surface area contributed by atoms with Gasteiger partial charge in [0.25, 0.3) is 5.56 Å². The molecule has 1 unspecified atom stereocenters. The lowest BCUT2D eigenvalue weighted by Gasteiger charge is -2.15. The van der Waals surface area contributed by atoms with Gasteiger partial charge in [0.1, 0.15) is 16.9 Å². The normalized spacial score (nSPS) is 12.1. The molecule has 1 aromatic carbocycles. The molecule has 0 saturated carbocycles. The minimum absolute atomic E-state index is 0.264. The van der Waals surface area contributed by atoms with E-state index in [1.165, 1.54) is 4.68 Å². The summed E-state index contributed by atoms with van der Waals surface area (Å²) in [6, 6.07) is 18.0. The van der Waals surface area contributed by atoms with Crippen LogP contribution >= 0.6 is 0 Å². The van der Waals surface area contributed by atoms with Gasteiger partial charge in [-0.15, -0.1) is 0 Å². The lowest BCUT2D eigenvalue weighted by Crippen LogP contribution is -2.37. The van der Waals surface area contributed by atoms with E-state index in [0.29, 0.717) is 22.4 Å². The van der Waals surface area contributed by atoms with E-state index in [9.17, 15) is 9.59 Å². The maximum atomic E-state index is 13.7. The van der Waals surface area contributed by atoms with Crippen molar-refractivity contribution in [2.45, 2.75) is 26.4 Å². The van der Waals surface area contributed by atoms with Crippen LogP contribution in [0.15, 0.2) is 84.0 Å². The molecule has 0 fully saturated rings. The molecule has 4 heterocycles. The highest BCUT2D eigenvalue weighted by Crippen LogP contribution is 2.25. The Hall–Kier alpha value is -4.53. The summed E-state index contributed by atoms with van der Waals surface area (Å²) >= 11 is 0. The zero-order chi connectivity index (χ0) is 23.7. The molecule has 0 bridgehead atoms. The Bertz CT molecular complexity index is 1500. The summed E-state index contributed by atoms with van der Waals surface area (Å²) in [5.41, 5.74) is 2.21. The lowest BCUT2D eigenvalue weighted by atomic mass is 10.2. The van der Waals surface area contributed by atoms with Gasteiger partial charge >= 0.3 is 0 Å². The van der Waals surface area contributed by atoms with Crippen molar-refractivity contribution in [1.82, 2.24) is 34.4 Å². The molecule has 4 aromatic heterocycles. The Morgan fingerprint density at radius 1 is 1.00 bits per heavy atom. The average molecular weight is 454 g/mol. The van der Waals surface area contributed by atoms with E-state index in [2.05, 4.69) is 15.4 Å². The topological polar surface area (TPSA) is 99.6 Å². The van der Waals surface area contributed by atoms with Crippen LogP contribution < -0.4 is 10.9 Å². The number of aryl methyl sites for hydroxylation is 1. The summed E-state index contributed by atoms with van der Waals surface area (Å²) < 4.78 is 4.81. The van der Waals surface area contributed by atoms with Gasteiger partial charge in [-0.1, -0.05) is 24.3 Å².